The number of hydrogen-bond donors (Lipinski definition) is 2. The summed E-state index contributed by atoms with van der Waals surface area (Å²) < 4.78 is -0.296. The van der Waals surface area contributed by atoms with Gasteiger partial charge < -0.3 is 10.2 Å². The Bertz CT molecular complexity index is 109. The highest BCUT2D eigenvalue weighted by molar-refractivity contribution is 14.1. The smallest absolute Gasteiger partial charge is 0.131 e. The van der Waals surface area contributed by atoms with Gasteiger partial charge in [-0.1, -0.05) is 27.8 Å². The maximum atomic E-state index is 10.0. The lowest BCUT2D eigenvalue weighted by Gasteiger charge is -2.15. The molecule has 0 fully saturated rings. The number of aliphatic hydroxyl groups excluding tert-OH is 2. The van der Waals surface area contributed by atoms with Crippen LogP contribution in [0, 0.1) is 4.91 Å². The summed E-state index contributed by atoms with van der Waals surface area (Å²) >= 11 is 1.88. The average Bonchev–Trinajstić information content (AvgIpc) is 1.88. The average molecular weight is 259 g/mol. The molecule has 0 spiro atoms. The largest absolute Gasteiger partial charge is 0.395 e. The number of alkyl halides is 1. The summed E-state index contributed by atoms with van der Waals surface area (Å²) in [7, 11) is 0. The van der Waals surface area contributed by atoms with Crippen LogP contribution in [0.2, 0.25) is 0 Å². The van der Waals surface area contributed by atoms with Crippen LogP contribution >= 0.6 is 22.6 Å². The molecule has 0 aliphatic carbocycles. The van der Waals surface area contributed by atoms with Gasteiger partial charge in [0, 0.05) is 0 Å². The summed E-state index contributed by atoms with van der Waals surface area (Å²) in [5, 5.41) is 20.2. The maximum Gasteiger partial charge on any atom is 0.131 e. The standard InChI is InChI=1S/C5H10INO3/c1-3(9)5(7-10)4(6)2-8/h3-5,8-9H,2H2,1H3. The van der Waals surface area contributed by atoms with E-state index in [9.17, 15) is 4.91 Å². The van der Waals surface area contributed by atoms with E-state index in [0.717, 1.165) is 0 Å². The van der Waals surface area contributed by atoms with Gasteiger partial charge in [-0.15, -0.1) is 0 Å². The third kappa shape index (κ3) is 2.89. The summed E-state index contributed by atoms with van der Waals surface area (Å²) in [6.45, 7) is 1.34. The van der Waals surface area contributed by atoms with Gasteiger partial charge in [-0.3, -0.25) is 0 Å². The topological polar surface area (TPSA) is 69.9 Å². The van der Waals surface area contributed by atoms with Crippen LogP contribution in [0.25, 0.3) is 0 Å². The molecule has 0 aliphatic rings. The Labute approximate surface area is 72.7 Å². The molecule has 0 rings (SSSR count). The predicted octanol–water partition coefficient (Wildman–Crippen LogP) is 0.298. The van der Waals surface area contributed by atoms with Crippen LogP contribution in [-0.2, 0) is 0 Å². The van der Waals surface area contributed by atoms with Crippen molar-refractivity contribution in [3.8, 4) is 0 Å². The maximum absolute atomic E-state index is 10.0. The fraction of sp³-hybridized carbons (Fsp3) is 1.00. The van der Waals surface area contributed by atoms with Crippen molar-refractivity contribution in [1.29, 1.82) is 0 Å². The quantitative estimate of drug-likeness (QED) is 0.433. The Balaban J connectivity index is 3.92. The molecule has 0 aromatic carbocycles. The molecule has 0 aromatic rings. The van der Waals surface area contributed by atoms with Gasteiger partial charge in [0.05, 0.1) is 16.6 Å². The van der Waals surface area contributed by atoms with E-state index < -0.39 is 12.1 Å². The van der Waals surface area contributed by atoms with Gasteiger partial charge in [0.1, 0.15) is 6.04 Å². The first-order valence-electron chi connectivity index (χ1n) is 2.89. The molecule has 0 saturated heterocycles. The number of halogens is 1. The first kappa shape index (κ1) is 10.2. The second kappa shape index (κ2) is 4.97. The van der Waals surface area contributed by atoms with E-state index in [-0.39, 0.29) is 10.5 Å². The van der Waals surface area contributed by atoms with Crippen molar-refractivity contribution >= 4 is 22.6 Å². The highest BCUT2D eigenvalue weighted by Crippen LogP contribution is 2.12. The lowest BCUT2D eigenvalue weighted by molar-refractivity contribution is 0.151. The van der Waals surface area contributed by atoms with E-state index in [0.29, 0.717) is 0 Å². The molecular formula is C5H10INO3. The zero-order valence-electron chi connectivity index (χ0n) is 5.57. The molecule has 3 unspecified atom stereocenters. The minimum absolute atomic E-state index is 0.137. The second-order valence-corrected chi connectivity index (χ2v) is 3.64. The molecule has 10 heavy (non-hydrogen) atoms. The van der Waals surface area contributed by atoms with Gasteiger partial charge in [-0.05, 0) is 6.92 Å². The predicted molar refractivity (Wildman–Crippen MR) is 46.2 cm³/mol. The molecule has 2 N–H and O–H groups in total. The van der Waals surface area contributed by atoms with Crippen molar-refractivity contribution in [3.63, 3.8) is 0 Å². The molecule has 4 nitrogen and oxygen atoms in total. The van der Waals surface area contributed by atoms with Crippen molar-refractivity contribution in [1.82, 2.24) is 0 Å². The van der Waals surface area contributed by atoms with Crippen molar-refractivity contribution in [2.24, 2.45) is 5.18 Å². The van der Waals surface area contributed by atoms with Gasteiger partial charge in [0.15, 0.2) is 0 Å². The highest BCUT2D eigenvalue weighted by atomic mass is 127. The fourth-order valence-corrected chi connectivity index (χ4v) is 1.30. The van der Waals surface area contributed by atoms with Crippen LogP contribution in [0.4, 0.5) is 0 Å². The number of rotatable bonds is 4. The Kier molecular flexibility index (Phi) is 5.10. The Morgan fingerprint density at radius 3 is 2.30 bits per heavy atom. The first-order valence-corrected chi connectivity index (χ1v) is 4.13. The molecule has 3 atom stereocenters. The highest BCUT2D eigenvalue weighted by Gasteiger charge is 2.23. The normalized spacial score (nSPS) is 19.6. The van der Waals surface area contributed by atoms with Crippen molar-refractivity contribution < 1.29 is 10.2 Å². The number of nitroso groups, excluding NO2 is 1. The molecule has 5 heteroatoms. The van der Waals surface area contributed by atoms with Crippen molar-refractivity contribution in [3.05, 3.63) is 4.91 Å². The number of nitrogens with zero attached hydrogens (tertiary/aromatic N) is 1. The Hall–Kier alpha value is 0.250. The molecule has 60 valence electrons. The van der Waals surface area contributed by atoms with Crippen molar-refractivity contribution in [2.75, 3.05) is 6.61 Å². The number of hydrogen-bond acceptors (Lipinski definition) is 4. The molecule has 0 bridgehead atoms. The third-order valence-corrected chi connectivity index (χ3v) is 2.29. The second-order valence-electron chi connectivity index (χ2n) is 2.04. The van der Waals surface area contributed by atoms with E-state index in [4.69, 9.17) is 10.2 Å². The van der Waals surface area contributed by atoms with Gasteiger partial charge in [0.25, 0.3) is 0 Å². The van der Waals surface area contributed by atoms with Gasteiger partial charge in [-0.2, -0.15) is 4.91 Å². The molecule has 0 aliphatic heterocycles. The monoisotopic (exact) mass is 259 g/mol. The molecule has 0 aromatic heterocycles. The van der Waals surface area contributed by atoms with E-state index >= 15 is 0 Å². The summed E-state index contributed by atoms with van der Waals surface area (Å²) in [6, 6.07) is -0.703. The summed E-state index contributed by atoms with van der Waals surface area (Å²) in [5.41, 5.74) is 0. The number of aliphatic hydroxyl groups is 2. The van der Waals surface area contributed by atoms with Crippen molar-refractivity contribution in [2.45, 2.75) is 23.0 Å². The Morgan fingerprint density at radius 2 is 2.20 bits per heavy atom. The third-order valence-electron chi connectivity index (χ3n) is 1.16. The zero-order chi connectivity index (χ0) is 8.15. The molecular weight excluding hydrogens is 249 g/mol. The lowest BCUT2D eigenvalue weighted by atomic mass is 10.1. The van der Waals surface area contributed by atoms with Gasteiger partial charge >= 0.3 is 0 Å². The molecule has 0 radical (unpaired) electrons. The SMILES string of the molecule is CC(O)C(N=O)C(I)CO. The fourth-order valence-electron chi connectivity index (χ4n) is 0.564. The van der Waals surface area contributed by atoms with Crippen LogP contribution in [0.1, 0.15) is 6.92 Å². The van der Waals surface area contributed by atoms with E-state index in [2.05, 4.69) is 5.18 Å². The molecule has 0 saturated carbocycles. The van der Waals surface area contributed by atoms with E-state index in [1.165, 1.54) is 6.92 Å². The van der Waals surface area contributed by atoms with E-state index in [1.54, 1.807) is 0 Å². The first-order chi connectivity index (χ1) is 4.63. The summed E-state index contributed by atoms with van der Waals surface area (Å²) in [4.78, 5) is 10.0. The van der Waals surface area contributed by atoms with Crippen LogP contribution in [0.5, 0.6) is 0 Å². The minimum atomic E-state index is -0.786. The minimum Gasteiger partial charge on any atom is -0.395 e. The summed E-state index contributed by atoms with van der Waals surface area (Å²) in [5.74, 6) is 0. The summed E-state index contributed by atoms with van der Waals surface area (Å²) in [6.07, 6.45) is -0.786. The van der Waals surface area contributed by atoms with Gasteiger partial charge in [0.2, 0.25) is 0 Å². The Morgan fingerprint density at radius 1 is 1.70 bits per heavy atom. The zero-order valence-corrected chi connectivity index (χ0v) is 7.72. The molecule has 0 amide bonds. The lowest BCUT2D eigenvalue weighted by Crippen LogP contribution is -2.31. The van der Waals surface area contributed by atoms with Crippen LogP contribution in [0.15, 0.2) is 5.18 Å². The van der Waals surface area contributed by atoms with Crippen LogP contribution in [-0.4, -0.2) is 32.9 Å². The van der Waals surface area contributed by atoms with Gasteiger partial charge in [-0.25, -0.2) is 0 Å². The van der Waals surface area contributed by atoms with Crippen LogP contribution < -0.4 is 0 Å². The molecule has 0 heterocycles. The van der Waals surface area contributed by atoms with Crippen LogP contribution in [0.3, 0.4) is 0 Å². The van der Waals surface area contributed by atoms with E-state index in [1.807, 2.05) is 22.6 Å².